The van der Waals surface area contributed by atoms with Gasteiger partial charge in [-0.25, -0.2) is 4.21 Å². The first kappa shape index (κ1) is 10.4. The van der Waals surface area contributed by atoms with Gasteiger partial charge in [0.05, 0.1) is 15.7 Å². The summed E-state index contributed by atoms with van der Waals surface area (Å²) >= 11 is 0. The van der Waals surface area contributed by atoms with Crippen molar-refractivity contribution in [2.24, 2.45) is 0 Å². The number of fused-ring (bicyclic) bond motifs is 2. The number of aromatic hydroxyl groups is 2. The third-order valence-electron chi connectivity index (χ3n) is 2.96. The molecule has 3 nitrogen and oxygen atoms in total. The molecule has 0 radical (unpaired) electrons. The van der Waals surface area contributed by atoms with E-state index in [0.29, 0.717) is 16.9 Å². The van der Waals surface area contributed by atoms with E-state index in [4.69, 9.17) is 0 Å². The quantitative estimate of drug-likeness (QED) is 0.598. The number of hydrogen-bond acceptors (Lipinski definition) is 3. The molecule has 3 rings (SSSR count). The second kappa shape index (κ2) is 3.60. The Labute approximate surface area is 101 Å². The molecular formula is C13H10O3S. The van der Waals surface area contributed by atoms with Gasteiger partial charge in [0, 0.05) is 16.9 Å². The second-order valence-corrected chi connectivity index (χ2v) is 5.38. The van der Waals surface area contributed by atoms with Gasteiger partial charge in [0.25, 0.3) is 0 Å². The smallest absolute Gasteiger partial charge is 0.162 e. The Morgan fingerprint density at radius 3 is 2.59 bits per heavy atom. The first-order valence-electron chi connectivity index (χ1n) is 5.22. The van der Waals surface area contributed by atoms with Crippen molar-refractivity contribution in [3.8, 4) is 11.5 Å². The van der Waals surface area contributed by atoms with E-state index in [1.807, 2.05) is 24.3 Å². The summed E-state index contributed by atoms with van der Waals surface area (Å²) in [5.74, 6) is -0.328. The molecule has 0 fully saturated rings. The zero-order chi connectivity index (χ0) is 12.0. The lowest BCUT2D eigenvalue weighted by Crippen LogP contribution is -2.09. The molecule has 1 aliphatic heterocycles. The summed E-state index contributed by atoms with van der Waals surface area (Å²) in [5, 5.41) is 19.3. The van der Waals surface area contributed by atoms with Gasteiger partial charge in [-0.1, -0.05) is 18.2 Å². The van der Waals surface area contributed by atoms with Crippen molar-refractivity contribution in [1.82, 2.24) is 0 Å². The van der Waals surface area contributed by atoms with Crippen molar-refractivity contribution >= 4 is 10.8 Å². The molecule has 0 spiro atoms. The molecule has 2 N–H and O–H groups in total. The molecular weight excluding hydrogens is 236 g/mol. The van der Waals surface area contributed by atoms with Gasteiger partial charge in [-0.15, -0.1) is 0 Å². The third kappa shape index (κ3) is 1.45. The van der Waals surface area contributed by atoms with Gasteiger partial charge in [0.2, 0.25) is 0 Å². The fraction of sp³-hybridized carbons (Fsp3) is 0.0769. The molecule has 86 valence electrons. The van der Waals surface area contributed by atoms with E-state index in [1.165, 1.54) is 6.07 Å². The Kier molecular flexibility index (Phi) is 2.19. The Bertz CT molecular complexity index is 635. The first-order chi connectivity index (χ1) is 8.18. The van der Waals surface area contributed by atoms with Gasteiger partial charge in [-0.05, 0) is 23.8 Å². The Balaban J connectivity index is 2.27. The topological polar surface area (TPSA) is 57.5 Å². The fourth-order valence-electron chi connectivity index (χ4n) is 2.09. The summed E-state index contributed by atoms with van der Waals surface area (Å²) in [4.78, 5) is 1.36. The van der Waals surface area contributed by atoms with Crippen molar-refractivity contribution in [3.63, 3.8) is 0 Å². The third-order valence-corrected chi connectivity index (χ3v) is 4.54. The molecule has 0 saturated heterocycles. The van der Waals surface area contributed by atoms with Crippen molar-refractivity contribution in [2.45, 2.75) is 16.2 Å². The molecule has 2 aromatic carbocycles. The van der Waals surface area contributed by atoms with Crippen LogP contribution in [0.4, 0.5) is 0 Å². The predicted octanol–water partition coefficient (Wildman–Crippen LogP) is 2.17. The highest BCUT2D eigenvalue weighted by atomic mass is 32.2. The predicted molar refractivity (Wildman–Crippen MR) is 63.7 cm³/mol. The van der Waals surface area contributed by atoms with Crippen molar-refractivity contribution < 1.29 is 14.4 Å². The first-order valence-corrected chi connectivity index (χ1v) is 6.37. The average molecular weight is 246 g/mol. The van der Waals surface area contributed by atoms with E-state index in [0.717, 1.165) is 10.5 Å². The standard InChI is InChI=1S/C13H10O3S/c14-10-5-6-12-9(13(10)15)7-8-3-1-2-4-11(8)17(12)16/h1-6,14-15H,7H2. The van der Waals surface area contributed by atoms with Crippen LogP contribution in [0.5, 0.6) is 11.5 Å². The lowest BCUT2D eigenvalue weighted by molar-refractivity contribution is 0.398. The second-order valence-electron chi connectivity index (χ2n) is 3.96. The highest BCUT2D eigenvalue weighted by Gasteiger charge is 2.25. The summed E-state index contributed by atoms with van der Waals surface area (Å²) < 4.78 is 12.3. The lowest BCUT2D eigenvalue weighted by atomic mass is 10.0. The summed E-state index contributed by atoms with van der Waals surface area (Å²) in [5.41, 5.74) is 1.49. The maximum Gasteiger partial charge on any atom is 0.162 e. The minimum absolute atomic E-state index is 0.162. The van der Waals surface area contributed by atoms with Crippen LogP contribution in [0.3, 0.4) is 0 Å². The van der Waals surface area contributed by atoms with E-state index >= 15 is 0 Å². The monoisotopic (exact) mass is 246 g/mol. The summed E-state index contributed by atoms with van der Waals surface area (Å²) in [7, 11) is -1.28. The van der Waals surface area contributed by atoms with Crippen molar-refractivity contribution in [3.05, 3.63) is 47.5 Å². The highest BCUT2D eigenvalue weighted by molar-refractivity contribution is 7.85. The van der Waals surface area contributed by atoms with Crippen LogP contribution in [0.25, 0.3) is 0 Å². The molecule has 1 heterocycles. The Morgan fingerprint density at radius 1 is 1.00 bits per heavy atom. The number of hydrogen-bond donors (Lipinski definition) is 2. The van der Waals surface area contributed by atoms with Gasteiger partial charge >= 0.3 is 0 Å². The van der Waals surface area contributed by atoms with Crippen LogP contribution in [0, 0.1) is 0 Å². The summed E-state index contributed by atoms with van der Waals surface area (Å²) in [6.45, 7) is 0. The number of phenolic OH excluding ortho intramolecular Hbond substituents is 2. The van der Waals surface area contributed by atoms with E-state index in [9.17, 15) is 14.4 Å². The fourth-order valence-corrected chi connectivity index (χ4v) is 3.49. The minimum Gasteiger partial charge on any atom is -0.504 e. The van der Waals surface area contributed by atoms with Crippen molar-refractivity contribution in [1.29, 1.82) is 0 Å². The van der Waals surface area contributed by atoms with Crippen LogP contribution in [0.2, 0.25) is 0 Å². The van der Waals surface area contributed by atoms with Crippen LogP contribution in [-0.2, 0) is 17.2 Å². The van der Waals surface area contributed by atoms with Gasteiger partial charge in [0.15, 0.2) is 11.5 Å². The molecule has 0 aliphatic carbocycles. The molecule has 0 aromatic heterocycles. The number of rotatable bonds is 0. The molecule has 0 saturated carbocycles. The summed E-state index contributed by atoms with van der Waals surface area (Å²) in [6, 6.07) is 10.4. The van der Waals surface area contributed by atoms with E-state index in [2.05, 4.69) is 0 Å². The van der Waals surface area contributed by atoms with Gasteiger partial charge < -0.3 is 10.2 Å². The Morgan fingerprint density at radius 2 is 1.76 bits per heavy atom. The SMILES string of the molecule is O=S1c2ccccc2Cc2c1ccc(O)c2O. The van der Waals surface area contributed by atoms with Crippen LogP contribution in [-0.4, -0.2) is 14.4 Å². The normalized spacial score (nSPS) is 17.3. The van der Waals surface area contributed by atoms with Gasteiger partial charge in [0.1, 0.15) is 0 Å². The van der Waals surface area contributed by atoms with Crippen LogP contribution < -0.4 is 0 Å². The van der Waals surface area contributed by atoms with Crippen molar-refractivity contribution in [2.75, 3.05) is 0 Å². The average Bonchev–Trinajstić information content (AvgIpc) is 2.35. The van der Waals surface area contributed by atoms with E-state index in [1.54, 1.807) is 6.07 Å². The van der Waals surface area contributed by atoms with Crippen LogP contribution in [0.15, 0.2) is 46.2 Å². The molecule has 0 amide bonds. The van der Waals surface area contributed by atoms with Gasteiger partial charge in [-0.3, -0.25) is 0 Å². The van der Waals surface area contributed by atoms with Crippen LogP contribution in [0.1, 0.15) is 11.1 Å². The van der Waals surface area contributed by atoms with Crippen LogP contribution >= 0.6 is 0 Å². The highest BCUT2D eigenvalue weighted by Crippen LogP contribution is 2.40. The molecule has 1 atom stereocenters. The van der Waals surface area contributed by atoms with E-state index < -0.39 is 10.8 Å². The summed E-state index contributed by atoms with van der Waals surface area (Å²) in [6.07, 6.45) is 0.498. The molecule has 2 aromatic rings. The molecule has 17 heavy (non-hydrogen) atoms. The number of phenols is 2. The maximum absolute atomic E-state index is 12.3. The maximum atomic E-state index is 12.3. The molecule has 1 aliphatic rings. The lowest BCUT2D eigenvalue weighted by Gasteiger charge is -2.19. The largest absolute Gasteiger partial charge is 0.504 e. The molecule has 4 heteroatoms. The van der Waals surface area contributed by atoms with E-state index in [-0.39, 0.29) is 11.5 Å². The zero-order valence-corrected chi connectivity index (χ0v) is 9.70. The van der Waals surface area contributed by atoms with Gasteiger partial charge in [-0.2, -0.15) is 0 Å². The number of benzene rings is 2. The molecule has 0 bridgehead atoms. The Hall–Kier alpha value is -1.81. The molecule has 1 unspecified atom stereocenters. The zero-order valence-electron chi connectivity index (χ0n) is 8.88. The minimum atomic E-state index is -1.28.